The Morgan fingerprint density at radius 3 is 2.86 bits per heavy atom. The van der Waals surface area contributed by atoms with E-state index in [1.165, 1.54) is 6.42 Å². The summed E-state index contributed by atoms with van der Waals surface area (Å²) in [6, 6.07) is 0.121. The molecule has 0 radical (unpaired) electrons. The Balaban J connectivity index is 2.54. The van der Waals surface area contributed by atoms with Crippen LogP contribution in [-0.2, 0) is 0 Å². The maximum Gasteiger partial charge on any atom is 0.134 e. The van der Waals surface area contributed by atoms with E-state index in [-0.39, 0.29) is 6.04 Å². The Labute approximate surface area is 98.8 Å². The SMILES string of the molecule is CCCC1C(I)CCCC1NC(=O)[O-]. The van der Waals surface area contributed by atoms with Gasteiger partial charge in [0, 0.05) is 9.97 Å². The fraction of sp³-hybridized carbons (Fsp3) is 0.900. The molecule has 82 valence electrons. The third-order valence-electron chi connectivity index (χ3n) is 2.90. The van der Waals surface area contributed by atoms with E-state index in [0.717, 1.165) is 25.7 Å². The maximum atomic E-state index is 10.5. The zero-order valence-electron chi connectivity index (χ0n) is 8.46. The van der Waals surface area contributed by atoms with Crippen LogP contribution in [-0.4, -0.2) is 16.1 Å². The van der Waals surface area contributed by atoms with E-state index in [9.17, 15) is 9.90 Å². The second kappa shape index (κ2) is 5.78. The van der Waals surface area contributed by atoms with Gasteiger partial charge in [0.1, 0.15) is 6.09 Å². The number of carboxylic acid groups (broad SMARTS) is 1. The minimum Gasteiger partial charge on any atom is -0.530 e. The van der Waals surface area contributed by atoms with Crippen molar-refractivity contribution in [1.29, 1.82) is 0 Å². The van der Waals surface area contributed by atoms with Crippen LogP contribution in [0.25, 0.3) is 0 Å². The van der Waals surface area contributed by atoms with Crippen LogP contribution < -0.4 is 10.4 Å². The number of rotatable bonds is 3. The van der Waals surface area contributed by atoms with Crippen LogP contribution in [0.15, 0.2) is 0 Å². The van der Waals surface area contributed by atoms with Crippen molar-refractivity contribution in [2.75, 3.05) is 0 Å². The van der Waals surface area contributed by atoms with E-state index in [1.54, 1.807) is 0 Å². The van der Waals surface area contributed by atoms with Crippen LogP contribution in [0.3, 0.4) is 0 Å². The molecular weight excluding hydrogens is 293 g/mol. The fourth-order valence-corrected chi connectivity index (χ4v) is 3.56. The van der Waals surface area contributed by atoms with Gasteiger partial charge in [0.25, 0.3) is 0 Å². The Hall–Kier alpha value is 0. The molecule has 0 aromatic rings. The van der Waals surface area contributed by atoms with Gasteiger partial charge in [-0.15, -0.1) is 0 Å². The summed E-state index contributed by atoms with van der Waals surface area (Å²) in [6.45, 7) is 2.15. The first kappa shape index (κ1) is 12.1. The highest BCUT2D eigenvalue weighted by atomic mass is 127. The summed E-state index contributed by atoms with van der Waals surface area (Å²) in [5.74, 6) is 0.493. The van der Waals surface area contributed by atoms with Crippen LogP contribution in [0.2, 0.25) is 0 Å². The number of alkyl halides is 1. The summed E-state index contributed by atoms with van der Waals surface area (Å²) in [4.78, 5) is 10.5. The second-order valence-electron chi connectivity index (χ2n) is 3.94. The first-order chi connectivity index (χ1) is 6.65. The van der Waals surface area contributed by atoms with Crippen molar-refractivity contribution >= 4 is 28.7 Å². The average Bonchev–Trinajstić information content (AvgIpc) is 2.10. The molecule has 3 nitrogen and oxygen atoms in total. The van der Waals surface area contributed by atoms with Crippen molar-refractivity contribution in [3.8, 4) is 0 Å². The number of nitrogens with one attached hydrogen (secondary N) is 1. The first-order valence-electron chi connectivity index (χ1n) is 5.26. The number of carbonyl (C=O) groups is 1. The van der Waals surface area contributed by atoms with Crippen LogP contribution in [0.5, 0.6) is 0 Å². The molecule has 3 atom stereocenters. The fourth-order valence-electron chi connectivity index (χ4n) is 2.26. The van der Waals surface area contributed by atoms with Gasteiger partial charge >= 0.3 is 0 Å². The zero-order chi connectivity index (χ0) is 10.6. The molecule has 1 N–H and O–H groups in total. The van der Waals surface area contributed by atoms with Crippen molar-refractivity contribution < 1.29 is 9.90 Å². The Kier molecular flexibility index (Phi) is 4.98. The summed E-state index contributed by atoms with van der Waals surface area (Å²) in [5, 5.41) is 13.0. The molecule has 3 unspecified atom stereocenters. The van der Waals surface area contributed by atoms with Crippen molar-refractivity contribution in [3.63, 3.8) is 0 Å². The Bertz CT molecular complexity index is 199. The lowest BCUT2D eigenvalue weighted by Gasteiger charge is -2.36. The van der Waals surface area contributed by atoms with Gasteiger partial charge in [-0.25, -0.2) is 0 Å². The van der Waals surface area contributed by atoms with Crippen molar-refractivity contribution in [3.05, 3.63) is 0 Å². The third-order valence-corrected chi connectivity index (χ3v) is 4.45. The summed E-state index contributed by atoms with van der Waals surface area (Å²) in [6.07, 6.45) is 4.42. The number of hydrogen-bond acceptors (Lipinski definition) is 2. The highest BCUT2D eigenvalue weighted by Gasteiger charge is 2.30. The van der Waals surface area contributed by atoms with E-state index >= 15 is 0 Å². The molecule has 14 heavy (non-hydrogen) atoms. The molecule has 0 bridgehead atoms. The van der Waals surface area contributed by atoms with E-state index < -0.39 is 6.09 Å². The van der Waals surface area contributed by atoms with Crippen LogP contribution >= 0.6 is 22.6 Å². The number of halogens is 1. The normalized spacial score (nSPS) is 32.6. The third kappa shape index (κ3) is 3.29. The van der Waals surface area contributed by atoms with Gasteiger partial charge in [-0.1, -0.05) is 42.4 Å². The van der Waals surface area contributed by atoms with E-state index in [2.05, 4.69) is 34.8 Å². The van der Waals surface area contributed by atoms with E-state index in [1.807, 2.05) is 0 Å². The van der Waals surface area contributed by atoms with Gasteiger partial charge < -0.3 is 15.2 Å². The largest absolute Gasteiger partial charge is 0.530 e. The lowest BCUT2D eigenvalue weighted by molar-refractivity contribution is -0.252. The molecule has 0 aliphatic heterocycles. The molecular formula is C10H17INO2-. The molecule has 1 rings (SSSR count). The van der Waals surface area contributed by atoms with E-state index in [0.29, 0.717) is 9.84 Å². The summed E-state index contributed by atoms with van der Waals surface area (Å²) in [7, 11) is 0. The topological polar surface area (TPSA) is 52.2 Å². The number of hydrogen-bond donors (Lipinski definition) is 1. The molecule has 1 saturated carbocycles. The molecule has 0 aromatic heterocycles. The van der Waals surface area contributed by atoms with E-state index in [4.69, 9.17) is 0 Å². The lowest BCUT2D eigenvalue weighted by atomic mass is 9.82. The maximum absolute atomic E-state index is 10.5. The standard InChI is InChI=1S/C10H18INO2/c1-2-4-7-8(11)5-3-6-9(7)12-10(13)14/h7-9,12H,2-6H2,1H3,(H,13,14)/p-1. The first-order valence-corrected chi connectivity index (χ1v) is 6.51. The van der Waals surface area contributed by atoms with Gasteiger partial charge in [0.15, 0.2) is 0 Å². The average molecular weight is 310 g/mol. The molecule has 0 saturated heterocycles. The smallest absolute Gasteiger partial charge is 0.134 e. The monoisotopic (exact) mass is 310 g/mol. The zero-order valence-corrected chi connectivity index (χ0v) is 10.6. The molecule has 0 spiro atoms. The van der Waals surface area contributed by atoms with Gasteiger partial charge in [-0.3, -0.25) is 0 Å². The minimum atomic E-state index is -1.12. The number of carbonyl (C=O) groups excluding carboxylic acids is 1. The minimum absolute atomic E-state index is 0.121. The summed E-state index contributed by atoms with van der Waals surface area (Å²) < 4.78 is 0.609. The predicted octanol–water partition coefficient (Wildman–Crippen LogP) is 1.69. The highest BCUT2D eigenvalue weighted by molar-refractivity contribution is 14.1. The van der Waals surface area contributed by atoms with Crippen LogP contribution in [0.1, 0.15) is 39.0 Å². The molecule has 1 amide bonds. The van der Waals surface area contributed by atoms with Gasteiger partial charge in [0.05, 0.1) is 0 Å². The molecule has 4 heteroatoms. The van der Waals surface area contributed by atoms with Gasteiger partial charge in [-0.05, 0) is 25.2 Å². The van der Waals surface area contributed by atoms with Crippen molar-refractivity contribution in [2.24, 2.45) is 5.92 Å². The van der Waals surface area contributed by atoms with Crippen LogP contribution in [0.4, 0.5) is 4.79 Å². The van der Waals surface area contributed by atoms with Gasteiger partial charge in [0.2, 0.25) is 0 Å². The molecule has 1 aliphatic rings. The lowest BCUT2D eigenvalue weighted by Crippen LogP contribution is -2.50. The molecule has 1 aliphatic carbocycles. The molecule has 1 fully saturated rings. The van der Waals surface area contributed by atoms with Crippen LogP contribution in [0, 0.1) is 5.92 Å². The molecule has 0 heterocycles. The van der Waals surface area contributed by atoms with Gasteiger partial charge in [-0.2, -0.15) is 0 Å². The van der Waals surface area contributed by atoms with Crippen molar-refractivity contribution in [2.45, 2.75) is 49.0 Å². The van der Waals surface area contributed by atoms with Crippen molar-refractivity contribution in [1.82, 2.24) is 5.32 Å². The second-order valence-corrected chi connectivity index (χ2v) is 5.54. The highest BCUT2D eigenvalue weighted by Crippen LogP contribution is 2.33. The number of amides is 1. The predicted molar refractivity (Wildman–Crippen MR) is 62.4 cm³/mol. The Morgan fingerprint density at radius 2 is 2.29 bits per heavy atom. The molecule has 0 aromatic carbocycles. The Morgan fingerprint density at radius 1 is 1.57 bits per heavy atom. The summed E-state index contributed by atoms with van der Waals surface area (Å²) >= 11 is 2.45. The summed E-state index contributed by atoms with van der Waals surface area (Å²) in [5.41, 5.74) is 0. The quantitative estimate of drug-likeness (QED) is 0.637.